The summed E-state index contributed by atoms with van der Waals surface area (Å²) in [6.45, 7) is 0. The number of halogens is 1. The highest BCUT2D eigenvalue weighted by Crippen LogP contribution is 2.28. The summed E-state index contributed by atoms with van der Waals surface area (Å²) in [6, 6.07) is 14.4. The van der Waals surface area contributed by atoms with Gasteiger partial charge in [0.25, 0.3) is 0 Å². The number of nitrogens with one attached hydrogen (secondary N) is 1. The zero-order valence-corrected chi connectivity index (χ0v) is 10.0. The molecule has 0 amide bonds. The van der Waals surface area contributed by atoms with E-state index in [9.17, 15) is 0 Å². The number of H-pyrrole nitrogens is 1. The summed E-state index contributed by atoms with van der Waals surface area (Å²) < 4.78 is 1.08. The first kappa shape index (κ1) is 9.60. The predicted molar refractivity (Wildman–Crippen MR) is 69.2 cm³/mol. The van der Waals surface area contributed by atoms with Crippen molar-refractivity contribution in [2.75, 3.05) is 0 Å². The maximum atomic E-state index is 4.35. The zero-order valence-electron chi connectivity index (χ0n) is 8.44. The van der Waals surface area contributed by atoms with E-state index in [0.717, 1.165) is 21.1 Å². The van der Waals surface area contributed by atoms with Crippen molar-refractivity contribution < 1.29 is 0 Å². The fourth-order valence-corrected chi connectivity index (χ4v) is 2.25. The molecule has 0 unspecified atom stereocenters. The van der Waals surface area contributed by atoms with Crippen molar-refractivity contribution in [1.82, 2.24) is 9.97 Å². The van der Waals surface area contributed by atoms with Crippen LogP contribution >= 0.6 is 15.9 Å². The normalized spacial score (nSPS) is 10.8. The van der Waals surface area contributed by atoms with E-state index in [1.807, 2.05) is 24.3 Å². The monoisotopic (exact) mass is 272 g/mol. The highest BCUT2D eigenvalue weighted by molar-refractivity contribution is 9.10. The van der Waals surface area contributed by atoms with Crippen molar-refractivity contribution in [3.8, 4) is 11.1 Å². The summed E-state index contributed by atoms with van der Waals surface area (Å²) >= 11 is 3.49. The molecule has 0 aliphatic rings. The Morgan fingerprint density at radius 1 is 1.06 bits per heavy atom. The molecule has 0 aliphatic carbocycles. The quantitative estimate of drug-likeness (QED) is 0.713. The summed E-state index contributed by atoms with van der Waals surface area (Å²) in [7, 11) is 0. The van der Waals surface area contributed by atoms with E-state index in [1.54, 1.807) is 6.33 Å². The first-order valence-electron chi connectivity index (χ1n) is 5.02. The Bertz CT molecular complexity index is 643. The van der Waals surface area contributed by atoms with Crippen LogP contribution in [0, 0.1) is 0 Å². The number of benzene rings is 2. The number of aromatic amines is 1. The van der Waals surface area contributed by atoms with Crippen molar-refractivity contribution in [2.45, 2.75) is 0 Å². The third kappa shape index (κ3) is 1.53. The van der Waals surface area contributed by atoms with Gasteiger partial charge in [-0.05, 0) is 23.8 Å². The molecule has 78 valence electrons. The van der Waals surface area contributed by atoms with Crippen molar-refractivity contribution in [3.63, 3.8) is 0 Å². The van der Waals surface area contributed by atoms with Gasteiger partial charge in [0.15, 0.2) is 0 Å². The SMILES string of the molecule is Brc1cccc(-c2cccc3[nH]cnc23)c1. The number of fused-ring (bicyclic) bond motifs is 1. The molecule has 0 saturated heterocycles. The van der Waals surface area contributed by atoms with E-state index in [0.29, 0.717) is 0 Å². The molecule has 3 aromatic rings. The van der Waals surface area contributed by atoms with Gasteiger partial charge in [0.05, 0.1) is 17.4 Å². The summed E-state index contributed by atoms with van der Waals surface area (Å²) in [6.07, 6.45) is 1.73. The third-order valence-corrected chi connectivity index (χ3v) is 3.08. The van der Waals surface area contributed by atoms with Crippen molar-refractivity contribution >= 4 is 27.0 Å². The van der Waals surface area contributed by atoms with Crippen LogP contribution in [0.1, 0.15) is 0 Å². The molecule has 0 spiro atoms. The maximum absolute atomic E-state index is 4.35. The van der Waals surface area contributed by atoms with Crippen LogP contribution in [0.3, 0.4) is 0 Å². The molecular formula is C13H9BrN2. The second kappa shape index (κ2) is 3.76. The highest BCUT2D eigenvalue weighted by atomic mass is 79.9. The van der Waals surface area contributed by atoms with Crippen LogP contribution in [0.2, 0.25) is 0 Å². The first-order chi connectivity index (χ1) is 7.84. The molecular weight excluding hydrogens is 264 g/mol. The van der Waals surface area contributed by atoms with Gasteiger partial charge in [-0.15, -0.1) is 0 Å². The lowest BCUT2D eigenvalue weighted by molar-refractivity contribution is 1.34. The van der Waals surface area contributed by atoms with Gasteiger partial charge in [-0.2, -0.15) is 0 Å². The van der Waals surface area contributed by atoms with Gasteiger partial charge < -0.3 is 4.98 Å². The van der Waals surface area contributed by atoms with Crippen molar-refractivity contribution in [1.29, 1.82) is 0 Å². The van der Waals surface area contributed by atoms with Gasteiger partial charge in [-0.25, -0.2) is 4.98 Å². The molecule has 0 aliphatic heterocycles. The van der Waals surface area contributed by atoms with Gasteiger partial charge in [0.2, 0.25) is 0 Å². The average molecular weight is 273 g/mol. The molecule has 2 nitrogen and oxygen atoms in total. The number of hydrogen-bond acceptors (Lipinski definition) is 1. The van der Waals surface area contributed by atoms with Gasteiger partial charge in [0, 0.05) is 10.0 Å². The Kier molecular flexibility index (Phi) is 2.26. The molecule has 3 rings (SSSR count). The molecule has 1 N–H and O–H groups in total. The van der Waals surface area contributed by atoms with Crippen molar-refractivity contribution in [3.05, 3.63) is 53.3 Å². The first-order valence-corrected chi connectivity index (χ1v) is 5.82. The van der Waals surface area contributed by atoms with Gasteiger partial charge in [0.1, 0.15) is 0 Å². The van der Waals surface area contributed by atoms with Gasteiger partial charge in [-0.1, -0.05) is 40.2 Å². The minimum Gasteiger partial charge on any atom is -0.345 e. The van der Waals surface area contributed by atoms with E-state index in [-0.39, 0.29) is 0 Å². The third-order valence-electron chi connectivity index (χ3n) is 2.59. The minimum atomic E-state index is 1.01. The fourth-order valence-electron chi connectivity index (χ4n) is 1.85. The predicted octanol–water partition coefficient (Wildman–Crippen LogP) is 3.99. The lowest BCUT2D eigenvalue weighted by atomic mass is 10.0. The van der Waals surface area contributed by atoms with Crippen LogP contribution in [0.5, 0.6) is 0 Å². The van der Waals surface area contributed by atoms with E-state index < -0.39 is 0 Å². The number of hydrogen-bond donors (Lipinski definition) is 1. The maximum Gasteiger partial charge on any atom is 0.0960 e. The lowest BCUT2D eigenvalue weighted by Crippen LogP contribution is -1.80. The Morgan fingerprint density at radius 3 is 2.81 bits per heavy atom. The Balaban J connectivity index is 2.29. The second-order valence-electron chi connectivity index (χ2n) is 3.61. The van der Waals surface area contributed by atoms with Crippen LogP contribution < -0.4 is 0 Å². The Morgan fingerprint density at radius 2 is 1.94 bits per heavy atom. The molecule has 16 heavy (non-hydrogen) atoms. The zero-order chi connectivity index (χ0) is 11.0. The van der Waals surface area contributed by atoms with Gasteiger partial charge in [-0.3, -0.25) is 0 Å². The molecule has 1 heterocycles. The Hall–Kier alpha value is -1.61. The van der Waals surface area contributed by atoms with Crippen LogP contribution in [0.4, 0.5) is 0 Å². The summed E-state index contributed by atoms with van der Waals surface area (Å²) in [4.78, 5) is 7.48. The number of rotatable bonds is 1. The topological polar surface area (TPSA) is 28.7 Å². The van der Waals surface area contributed by atoms with Crippen LogP contribution in [0.25, 0.3) is 22.2 Å². The summed E-state index contributed by atoms with van der Waals surface area (Å²) in [5.74, 6) is 0. The highest BCUT2D eigenvalue weighted by Gasteiger charge is 2.05. The molecule has 0 radical (unpaired) electrons. The van der Waals surface area contributed by atoms with Crippen molar-refractivity contribution in [2.24, 2.45) is 0 Å². The largest absolute Gasteiger partial charge is 0.345 e. The fraction of sp³-hybridized carbons (Fsp3) is 0. The molecule has 3 heteroatoms. The molecule has 0 atom stereocenters. The lowest BCUT2D eigenvalue weighted by Gasteiger charge is -2.03. The average Bonchev–Trinajstić information content (AvgIpc) is 2.76. The standard InChI is InChI=1S/C13H9BrN2/c14-10-4-1-3-9(7-10)11-5-2-6-12-13(11)16-8-15-12/h1-8H,(H,15,16). The Labute approximate surface area is 101 Å². The van der Waals surface area contributed by atoms with Gasteiger partial charge >= 0.3 is 0 Å². The van der Waals surface area contributed by atoms with Crippen LogP contribution in [-0.2, 0) is 0 Å². The van der Waals surface area contributed by atoms with E-state index in [1.165, 1.54) is 5.56 Å². The molecule has 0 saturated carbocycles. The number of imidazole rings is 1. The van der Waals surface area contributed by atoms with E-state index >= 15 is 0 Å². The molecule has 2 aromatic carbocycles. The second-order valence-corrected chi connectivity index (χ2v) is 4.53. The minimum absolute atomic E-state index is 1.01. The number of aromatic nitrogens is 2. The smallest absolute Gasteiger partial charge is 0.0960 e. The number of nitrogens with zero attached hydrogens (tertiary/aromatic N) is 1. The van der Waals surface area contributed by atoms with Crippen LogP contribution in [0.15, 0.2) is 53.3 Å². The molecule has 0 fully saturated rings. The molecule has 0 bridgehead atoms. The summed E-state index contributed by atoms with van der Waals surface area (Å²) in [5, 5.41) is 0. The van der Waals surface area contributed by atoms with E-state index in [4.69, 9.17) is 0 Å². The van der Waals surface area contributed by atoms with E-state index in [2.05, 4.69) is 44.1 Å². The molecule has 1 aromatic heterocycles. The van der Waals surface area contributed by atoms with Crippen LogP contribution in [-0.4, -0.2) is 9.97 Å². The number of para-hydroxylation sites is 1. The summed E-state index contributed by atoms with van der Waals surface area (Å²) in [5.41, 5.74) is 4.41.